The topological polar surface area (TPSA) is 98.1 Å². The van der Waals surface area contributed by atoms with Gasteiger partial charge in [-0.1, -0.05) is 24.3 Å². The van der Waals surface area contributed by atoms with Crippen LogP contribution >= 0.6 is 11.3 Å². The third-order valence-electron chi connectivity index (χ3n) is 6.22. The molecule has 4 aromatic rings. The number of aromatic nitrogens is 2. The number of carbonyl (C=O) groups excluding carboxylic acids is 1. The van der Waals surface area contributed by atoms with Crippen molar-refractivity contribution in [2.75, 3.05) is 11.5 Å². The summed E-state index contributed by atoms with van der Waals surface area (Å²) in [5.74, 6) is 0.0244. The number of carbonyl (C=O) groups is 1. The van der Waals surface area contributed by atoms with E-state index >= 15 is 0 Å². The average molecular weight is 474 g/mol. The second-order valence-corrected chi connectivity index (χ2v) is 9.45. The first-order valence-electron chi connectivity index (χ1n) is 11.0. The van der Waals surface area contributed by atoms with Gasteiger partial charge in [-0.2, -0.15) is 0 Å². The highest BCUT2D eigenvalue weighted by Crippen LogP contribution is 2.32. The first-order chi connectivity index (χ1) is 16.5. The minimum absolute atomic E-state index is 0.179. The number of pyridine rings is 1. The number of likely N-dealkylation sites (tertiary alicyclic amines) is 1. The fourth-order valence-corrected chi connectivity index (χ4v) is 5.01. The van der Waals surface area contributed by atoms with Gasteiger partial charge in [-0.05, 0) is 48.2 Å². The summed E-state index contributed by atoms with van der Waals surface area (Å²) in [5.41, 5.74) is 17.7. The second kappa shape index (κ2) is 9.23. The molecule has 1 aliphatic heterocycles. The van der Waals surface area contributed by atoms with Crippen molar-refractivity contribution in [1.29, 1.82) is 0 Å². The Hall–Kier alpha value is -3.78. The molecule has 0 saturated carbocycles. The summed E-state index contributed by atoms with van der Waals surface area (Å²) in [5, 5.41) is 0. The Bertz CT molecular complexity index is 1320. The molecule has 2 aromatic heterocycles. The monoisotopic (exact) mass is 473 g/mol. The molecule has 5 rings (SSSR count). The van der Waals surface area contributed by atoms with Crippen molar-refractivity contribution < 1.29 is 9.18 Å². The van der Waals surface area contributed by atoms with Crippen molar-refractivity contribution in [3.05, 3.63) is 82.7 Å². The highest BCUT2D eigenvalue weighted by atomic mass is 32.1. The van der Waals surface area contributed by atoms with Gasteiger partial charge in [0.05, 0.1) is 12.1 Å². The third-order valence-corrected chi connectivity index (χ3v) is 6.99. The Morgan fingerprint density at radius 2 is 1.85 bits per heavy atom. The number of nitrogen functional groups attached to an aromatic ring is 2. The minimum atomic E-state index is -0.435. The number of anilines is 2. The Balaban J connectivity index is 1.35. The summed E-state index contributed by atoms with van der Waals surface area (Å²) >= 11 is 1.57. The quantitative estimate of drug-likeness (QED) is 0.388. The maximum atomic E-state index is 14.5. The van der Waals surface area contributed by atoms with E-state index in [1.807, 2.05) is 29.3 Å². The molecule has 0 spiro atoms. The van der Waals surface area contributed by atoms with Crippen LogP contribution in [-0.4, -0.2) is 26.8 Å². The van der Waals surface area contributed by atoms with E-state index in [2.05, 4.69) is 22.1 Å². The lowest BCUT2D eigenvalue weighted by Gasteiger charge is -2.24. The predicted octanol–water partition coefficient (Wildman–Crippen LogP) is 4.91. The average Bonchev–Trinajstić information content (AvgIpc) is 3.46. The van der Waals surface area contributed by atoms with Gasteiger partial charge in [0.15, 0.2) is 0 Å². The van der Waals surface area contributed by atoms with Crippen molar-refractivity contribution in [3.63, 3.8) is 0 Å². The van der Waals surface area contributed by atoms with Crippen LogP contribution in [0.1, 0.15) is 23.3 Å². The van der Waals surface area contributed by atoms with Crippen LogP contribution in [-0.2, 0) is 17.8 Å². The van der Waals surface area contributed by atoms with Crippen molar-refractivity contribution in [3.8, 4) is 22.3 Å². The summed E-state index contributed by atoms with van der Waals surface area (Å²) in [6.07, 6.45) is 5.76. The van der Waals surface area contributed by atoms with E-state index in [1.165, 1.54) is 6.07 Å². The maximum absolute atomic E-state index is 14.5. The van der Waals surface area contributed by atoms with E-state index in [0.717, 1.165) is 34.4 Å². The standard InChI is InChI=1S/C26H24FN5OS/c27-24-11-19(28)5-7-22(24)23-10-18(12-31-26(23)29)17-3-1-16(2-4-17)9-20-6-8-25(33)32(20)14-21-13-30-15-34-21/h1-5,7,10-13,15,20H,6,8-9,14,28H2,(H2,29,31)/t20-/m0/s1. The number of thiazole rings is 1. The number of hydrogen-bond donors (Lipinski definition) is 2. The first kappa shape index (κ1) is 22.0. The zero-order valence-corrected chi connectivity index (χ0v) is 19.3. The molecule has 2 aromatic carbocycles. The molecule has 0 bridgehead atoms. The van der Waals surface area contributed by atoms with Crippen LogP contribution in [0, 0.1) is 5.82 Å². The van der Waals surface area contributed by atoms with Crippen LogP contribution in [0.4, 0.5) is 15.9 Å². The van der Waals surface area contributed by atoms with Crippen LogP contribution < -0.4 is 11.5 Å². The SMILES string of the molecule is Nc1ccc(-c2cc(-c3ccc(C[C@@H]4CCC(=O)N4Cc4cncs4)cc3)cnc2N)c(F)c1. The number of hydrogen-bond acceptors (Lipinski definition) is 6. The number of nitrogens with two attached hydrogens (primary N) is 2. The molecule has 1 amide bonds. The molecule has 1 aliphatic rings. The van der Waals surface area contributed by atoms with E-state index in [4.69, 9.17) is 11.5 Å². The third kappa shape index (κ3) is 4.49. The number of halogens is 1. The number of nitrogens with zero attached hydrogens (tertiary/aromatic N) is 3. The molecule has 0 radical (unpaired) electrons. The first-order valence-corrected chi connectivity index (χ1v) is 11.9. The predicted molar refractivity (Wildman–Crippen MR) is 133 cm³/mol. The fraction of sp³-hybridized carbons (Fsp3) is 0.192. The molecule has 34 heavy (non-hydrogen) atoms. The molecule has 3 heterocycles. The second-order valence-electron chi connectivity index (χ2n) is 8.48. The zero-order chi connectivity index (χ0) is 23.7. The number of benzene rings is 2. The Morgan fingerprint density at radius 3 is 2.59 bits per heavy atom. The lowest BCUT2D eigenvalue weighted by molar-refractivity contribution is -0.129. The molecular formula is C26H24FN5OS. The summed E-state index contributed by atoms with van der Waals surface area (Å²) in [4.78, 5) is 23.9. The highest BCUT2D eigenvalue weighted by molar-refractivity contribution is 7.09. The number of rotatable bonds is 6. The van der Waals surface area contributed by atoms with E-state index < -0.39 is 5.82 Å². The molecule has 172 valence electrons. The normalized spacial score (nSPS) is 15.7. The largest absolute Gasteiger partial charge is 0.399 e. The van der Waals surface area contributed by atoms with Crippen LogP contribution in [0.5, 0.6) is 0 Å². The van der Waals surface area contributed by atoms with E-state index in [1.54, 1.807) is 35.2 Å². The van der Waals surface area contributed by atoms with Crippen LogP contribution in [0.15, 0.2) is 66.4 Å². The minimum Gasteiger partial charge on any atom is -0.399 e. The molecule has 1 fully saturated rings. The van der Waals surface area contributed by atoms with Crippen LogP contribution in [0.2, 0.25) is 0 Å². The summed E-state index contributed by atoms with van der Waals surface area (Å²) in [6.45, 7) is 0.619. The summed E-state index contributed by atoms with van der Waals surface area (Å²) < 4.78 is 14.5. The Labute approximate surface area is 201 Å². The van der Waals surface area contributed by atoms with Gasteiger partial charge < -0.3 is 16.4 Å². The van der Waals surface area contributed by atoms with Gasteiger partial charge in [0.25, 0.3) is 0 Å². The van der Waals surface area contributed by atoms with Crippen molar-refractivity contribution in [2.45, 2.75) is 31.8 Å². The lowest BCUT2D eigenvalue weighted by Crippen LogP contribution is -2.33. The summed E-state index contributed by atoms with van der Waals surface area (Å²) in [6, 6.07) is 14.8. The molecule has 8 heteroatoms. The molecule has 4 N–H and O–H groups in total. The number of amides is 1. The van der Waals surface area contributed by atoms with Gasteiger partial charge in [0, 0.05) is 52.1 Å². The molecular weight excluding hydrogens is 449 g/mol. The zero-order valence-electron chi connectivity index (χ0n) is 18.4. The molecule has 0 aliphatic carbocycles. The highest BCUT2D eigenvalue weighted by Gasteiger charge is 2.31. The maximum Gasteiger partial charge on any atom is 0.223 e. The fourth-order valence-electron chi connectivity index (χ4n) is 4.41. The van der Waals surface area contributed by atoms with Crippen LogP contribution in [0.3, 0.4) is 0 Å². The Morgan fingerprint density at radius 1 is 1.03 bits per heavy atom. The molecule has 1 atom stereocenters. The van der Waals surface area contributed by atoms with E-state index in [9.17, 15) is 9.18 Å². The van der Waals surface area contributed by atoms with Crippen molar-refractivity contribution in [1.82, 2.24) is 14.9 Å². The van der Waals surface area contributed by atoms with Gasteiger partial charge in [0.1, 0.15) is 11.6 Å². The molecule has 6 nitrogen and oxygen atoms in total. The van der Waals surface area contributed by atoms with Crippen molar-refractivity contribution >= 4 is 28.7 Å². The molecule has 0 unspecified atom stereocenters. The van der Waals surface area contributed by atoms with Gasteiger partial charge >= 0.3 is 0 Å². The molecule has 1 saturated heterocycles. The van der Waals surface area contributed by atoms with E-state index in [-0.39, 0.29) is 17.8 Å². The van der Waals surface area contributed by atoms with Gasteiger partial charge in [-0.25, -0.2) is 9.37 Å². The van der Waals surface area contributed by atoms with E-state index in [0.29, 0.717) is 29.8 Å². The van der Waals surface area contributed by atoms with Gasteiger partial charge in [0.2, 0.25) is 5.91 Å². The summed E-state index contributed by atoms with van der Waals surface area (Å²) in [7, 11) is 0. The van der Waals surface area contributed by atoms with Gasteiger partial charge in [-0.3, -0.25) is 9.78 Å². The van der Waals surface area contributed by atoms with Crippen molar-refractivity contribution in [2.24, 2.45) is 0 Å². The Kier molecular flexibility index (Phi) is 5.98. The smallest absolute Gasteiger partial charge is 0.223 e. The van der Waals surface area contributed by atoms with Gasteiger partial charge in [-0.15, -0.1) is 11.3 Å². The lowest BCUT2D eigenvalue weighted by atomic mass is 9.98. The van der Waals surface area contributed by atoms with Crippen LogP contribution in [0.25, 0.3) is 22.3 Å².